The zero-order valence-electron chi connectivity index (χ0n) is 20.0. The molecule has 2 aliphatic rings. The summed E-state index contributed by atoms with van der Waals surface area (Å²) in [5, 5.41) is 0. The van der Waals surface area contributed by atoms with Gasteiger partial charge in [0.15, 0.2) is 0 Å². The molecule has 0 atom stereocenters. The quantitative estimate of drug-likeness (QED) is 0.123. The van der Waals surface area contributed by atoms with E-state index in [0.29, 0.717) is 26.1 Å². The Hall–Kier alpha value is 0.960. The van der Waals surface area contributed by atoms with Crippen LogP contribution in [0, 0.1) is 0 Å². The molecule has 192 valence electrons. The SMILES string of the molecule is CCOC(=O)CCCCSC1=C(SCCCCC(=O)OCC)SC(=C2SC(SC)=C(SC)S2)S1. The molecule has 0 radical (unpaired) electrons. The lowest BCUT2D eigenvalue weighted by molar-refractivity contribution is -0.144. The van der Waals surface area contributed by atoms with Crippen LogP contribution in [-0.2, 0) is 19.1 Å². The lowest BCUT2D eigenvalue weighted by atomic mass is 10.2. The topological polar surface area (TPSA) is 52.6 Å². The molecule has 12 heteroatoms. The Balaban J connectivity index is 1.90. The first-order chi connectivity index (χ1) is 16.5. The van der Waals surface area contributed by atoms with Crippen LogP contribution in [0.25, 0.3) is 0 Å². The van der Waals surface area contributed by atoms with E-state index in [1.165, 1.54) is 25.4 Å². The van der Waals surface area contributed by atoms with E-state index in [9.17, 15) is 9.59 Å². The van der Waals surface area contributed by atoms with E-state index in [4.69, 9.17) is 9.47 Å². The summed E-state index contributed by atoms with van der Waals surface area (Å²) in [5.41, 5.74) is 0. The number of hydrogen-bond acceptors (Lipinski definition) is 12. The number of esters is 2. The van der Waals surface area contributed by atoms with Crippen molar-refractivity contribution >= 4 is 106 Å². The predicted octanol–water partition coefficient (Wildman–Crippen LogP) is 8.99. The first-order valence-electron chi connectivity index (χ1n) is 11.1. The minimum Gasteiger partial charge on any atom is -0.466 e. The van der Waals surface area contributed by atoms with Gasteiger partial charge in [-0.2, -0.15) is 0 Å². The second kappa shape index (κ2) is 18.3. The van der Waals surface area contributed by atoms with Crippen molar-refractivity contribution in [1.82, 2.24) is 0 Å². The standard InChI is InChI=1S/C22H32O4S8/c1-5-25-15(23)11-7-9-13-29-19-20(30-14-10-8-12-16(24)26-6-2)34-22(33-19)21-31-17(27-3)18(28-4)32-21/h5-14H2,1-4H3. The van der Waals surface area contributed by atoms with E-state index in [1.54, 1.807) is 0 Å². The predicted molar refractivity (Wildman–Crippen MR) is 164 cm³/mol. The Bertz CT molecular complexity index is 734. The molecule has 0 aromatic rings. The molecule has 0 fully saturated rings. The van der Waals surface area contributed by atoms with Crippen molar-refractivity contribution < 1.29 is 19.1 Å². The van der Waals surface area contributed by atoms with Gasteiger partial charge in [0.1, 0.15) is 0 Å². The lowest BCUT2D eigenvalue weighted by Crippen LogP contribution is -2.03. The molecule has 0 spiro atoms. The summed E-state index contributed by atoms with van der Waals surface area (Å²) in [7, 11) is 0. The summed E-state index contributed by atoms with van der Waals surface area (Å²) in [5.74, 6) is 1.81. The third kappa shape index (κ3) is 11.1. The van der Waals surface area contributed by atoms with Gasteiger partial charge in [-0.1, -0.05) is 47.0 Å². The van der Waals surface area contributed by atoms with Crippen LogP contribution in [0.15, 0.2) is 25.4 Å². The molecule has 0 N–H and O–H groups in total. The van der Waals surface area contributed by atoms with Crippen LogP contribution in [0.3, 0.4) is 0 Å². The van der Waals surface area contributed by atoms with Crippen LogP contribution < -0.4 is 0 Å². The highest BCUT2D eigenvalue weighted by molar-refractivity contribution is 8.45. The summed E-state index contributed by atoms with van der Waals surface area (Å²) in [6.45, 7) is 4.59. The van der Waals surface area contributed by atoms with Gasteiger partial charge in [-0.05, 0) is 63.5 Å². The molecule has 34 heavy (non-hydrogen) atoms. The van der Waals surface area contributed by atoms with Crippen molar-refractivity contribution in [2.24, 2.45) is 0 Å². The van der Waals surface area contributed by atoms with Gasteiger partial charge < -0.3 is 9.47 Å². The number of thioether (sulfide) groups is 8. The average Bonchev–Trinajstić information content (AvgIpc) is 3.42. The molecule has 2 aliphatic heterocycles. The Morgan fingerprint density at radius 2 is 1.03 bits per heavy atom. The number of ether oxygens (including phenoxy) is 2. The van der Waals surface area contributed by atoms with Crippen molar-refractivity contribution in [2.45, 2.75) is 52.4 Å². The van der Waals surface area contributed by atoms with E-state index in [0.717, 1.165) is 37.2 Å². The van der Waals surface area contributed by atoms with E-state index in [1.807, 2.05) is 108 Å². The molecule has 4 nitrogen and oxygen atoms in total. The zero-order valence-corrected chi connectivity index (χ0v) is 26.5. The number of carbonyl (C=O) groups excluding carboxylic acids is 2. The van der Waals surface area contributed by atoms with Crippen LogP contribution in [-0.4, -0.2) is 49.2 Å². The molecule has 0 aromatic heterocycles. The first-order valence-corrected chi connectivity index (χ1v) is 18.8. The fourth-order valence-corrected chi connectivity index (χ4v) is 14.0. The van der Waals surface area contributed by atoms with E-state index in [2.05, 4.69) is 12.5 Å². The molecule has 0 amide bonds. The van der Waals surface area contributed by atoms with Gasteiger partial charge in [0.05, 0.1) is 38.6 Å². The van der Waals surface area contributed by atoms with Crippen LogP contribution in [0.1, 0.15) is 52.4 Å². The van der Waals surface area contributed by atoms with Crippen molar-refractivity contribution in [1.29, 1.82) is 0 Å². The van der Waals surface area contributed by atoms with Crippen molar-refractivity contribution in [3.8, 4) is 0 Å². The van der Waals surface area contributed by atoms with Gasteiger partial charge in [-0.15, -0.1) is 47.0 Å². The Labute approximate surface area is 238 Å². The lowest BCUT2D eigenvalue weighted by Gasteiger charge is -2.06. The number of rotatable bonds is 16. The summed E-state index contributed by atoms with van der Waals surface area (Å²) >= 11 is 15.1. The van der Waals surface area contributed by atoms with Gasteiger partial charge in [0.25, 0.3) is 0 Å². The molecule has 0 aromatic carbocycles. The van der Waals surface area contributed by atoms with Crippen molar-refractivity contribution in [3.63, 3.8) is 0 Å². The Morgan fingerprint density at radius 3 is 1.38 bits per heavy atom. The van der Waals surface area contributed by atoms with Crippen molar-refractivity contribution in [2.75, 3.05) is 37.2 Å². The molecule has 0 aliphatic carbocycles. The van der Waals surface area contributed by atoms with E-state index >= 15 is 0 Å². The maximum atomic E-state index is 11.6. The van der Waals surface area contributed by atoms with Crippen molar-refractivity contribution in [3.05, 3.63) is 25.4 Å². The maximum absolute atomic E-state index is 11.6. The Morgan fingerprint density at radius 1 is 0.647 bits per heavy atom. The molecule has 0 saturated heterocycles. The molecular weight excluding hydrogens is 585 g/mol. The van der Waals surface area contributed by atoms with Crippen LogP contribution in [0.5, 0.6) is 0 Å². The maximum Gasteiger partial charge on any atom is 0.305 e. The molecule has 2 rings (SSSR count). The molecule has 0 bridgehead atoms. The largest absolute Gasteiger partial charge is 0.466 e. The second-order valence-corrected chi connectivity index (χ2v) is 16.2. The van der Waals surface area contributed by atoms with Gasteiger partial charge in [-0.25, -0.2) is 0 Å². The average molecular weight is 617 g/mol. The molecule has 0 unspecified atom stereocenters. The van der Waals surface area contributed by atoms with E-state index in [-0.39, 0.29) is 11.9 Å². The number of unbranched alkanes of at least 4 members (excludes halogenated alkanes) is 2. The van der Waals surface area contributed by atoms with Gasteiger partial charge in [0.2, 0.25) is 0 Å². The highest BCUT2D eigenvalue weighted by Crippen LogP contribution is 2.65. The smallest absolute Gasteiger partial charge is 0.305 e. The fourth-order valence-electron chi connectivity index (χ4n) is 2.68. The highest BCUT2D eigenvalue weighted by atomic mass is 32.3. The van der Waals surface area contributed by atoms with Crippen LogP contribution in [0.4, 0.5) is 0 Å². The number of hydrogen-bond donors (Lipinski definition) is 0. The monoisotopic (exact) mass is 616 g/mol. The first kappa shape index (κ1) is 31.2. The second-order valence-electron chi connectivity index (χ2n) is 6.76. The third-order valence-corrected chi connectivity index (χ3v) is 15.7. The fraction of sp³-hybridized carbons (Fsp3) is 0.636. The zero-order chi connectivity index (χ0) is 24.8. The summed E-state index contributed by atoms with van der Waals surface area (Å²) in [6.07, 6.45) is 9.03. The van der Waals surface area contributed by atoms with Gasteiger partial charge >= 0.3 is 11.9 Å². The third-order valence-electron chi connectivity index (χ3n) is 4.24. The van der Waals surface area contributed by atoms with Crippen LogP contribution in [0.2, 0.25) is 0 Å². The number of carbonyl (C=O) groups is 2. The highest BCUT2D eigenvalue weighted by Gasteiger charge is 2.30. The Kier molecular flexibility index (Phi) is 16.7. The summed E-state index contributed by atoms with van der Waals surface area (Å²) < 4.78 is 18.4. The summed E-state index contributed by atoms with van der Waals surface area (Å²) in [6, 6.07) is 0. The van der Waals surface area contributed by atoms with Gasteiger partial charge in [0, 0.05) is 12.8 Å². The molecular formula is C22H32O4S8. The van der Waals surface area contributed by atoms with Crippen LogP contribution >= 0.6 is 94.1 Å². The van der Waals surface area contributed by atoms with E-state index < -0.39 is 0 Å². The molecule has 2 heterocycles. The minimum atomic E-state index is -0.0967. The minimum absolute atomic E-state index is 0.0967. The molecule has 0 saturated carbocycles. The van der Waals surface area contributed by atoms with Gasteiger partial charge in [-0.3, -0.25) is 9.59 Å². The summed E-state index contributed by atoms with van der Waals surface area (Å²) in [4.78, 5) is 23.1. The normalized spacial score (nSPS) is 16.1.